The molecule has 3 rings (SSSR count). The number of carbonyl (C=O) groups is 1. The molecule has 1 N–H and O–H groups in total. The Labute approximate surface area is 130 Å². The Morgan fingerprint density at radius 1 is 1.38 bits per heavy atom. The molecule has 0 aliphatic carbocycles. The number of hydrogen-bond acceptors (Lipinski definition) is 4. The van der Waals surface area contributed by atoms with Crippen LogP contribution in [0.25, 0.3) is 0 Å². The molecule has 0 radical (unpaired) electrons. The molecule has 3 aromatic rings. The van der Waals surface area contributed by atoms with E-state index in [1.165, 1.54) is 17.5 Å². The van der Waals surface area contributed by atoms with Gasteiger partial charge in [0.15, 0.2) is 5.13 Å². The van der Waals surface area contributed by atoms with Crippen molar-refractivity contribution in [3.8, 4) is 0 Å². The van der Waals surface area contributed by atoms with Gasteiger partial charge >= 0.3 is 0 Å². The van der Waals surface area contributed by atoms with Crippen molar-refractivity contribution in [1.29, 1.82) is 0 Å². The van der Waals surface area contributed by atoms with Crippen LogP contribution in [0.3, 0.4) is 0 Å². The third-order valence-corrected chi connectivity index (χ3v) is 3.90. The molecule has 7 heteroatoms. The second-order valence-corrected chi connectivity index (χ2v) is 5.61. The molecule has 0 bridgehead atoms. The van der Waals surface area contributed by atoms with E-state index < -0.39 is 0 Å². The van der Waals surface area contributed by atoms with Crippen LogP contribution in [0.15, 0.2) is 48.2 Å². The Hall–Kier alpha value is -2.18. The standard InChI is InChI=1S/C14H11ClN4OS/c15-12-4-2-1-3-10(12)8-19-9-11(7-17-19)13(20)18-14-16-5-6-21-14/h1-7,9H,8H2,(H,16,18,20). The lowest BCUT2D eigenvalue weighted by Gasteiger charge is -2.03. The summed E-state index contributed by atoms with van der Waals surface area (Å²) in [5, 5.41) is 9.95. The zero-order valence-corrected chi connectivity index (χ0v) is 12.4. The van der Waals surface area contributed by atoms with Crippen molar-refractivity contribution in [3.05, 3.63) is 64.4 Å². The van der Waals surface area contributed by atoms with E-state index in [4.69, 9.17) is 11.6 Å². The summed E-state index contributed by atoms with van der Waals surface area (Å²) in [5.74, 6) is -0.227. The van der Waals surface area contributed by atoms with Crippen molar-refractivity contribution < 1.29 is 4.79 Å². The van der Waals surface area contributed by atoms with Crippen LogP contribution in [0.2, 0.25) is 5.02 Å². The SMILES string of the molecule is O=C(Nc1nccs1)c1cnn(Cc2ccccc2Cl)c1. The fourth-order valence-electron chi connectivity index (χ4n) is 1.82. The van der Waals surface area contributed by atoms with Gasteiger partial charge in [0.05, 0.1) is 18.3 Å². The van der Waals surface area contributed by atoms with Crippen LogP contribution in [-0.4, -0.2) is 20.7 Å². The average molecular weight is 319 g/mol. The Morgan fingerprint density at radius 3 is 3.00 bits per heavy atom. The fourth-order valence-corrected chi connectivity index (χ4v) is 2.54. The molecule has 0 unspecified atom stereocenters. The van der Waals surface area contributed by atoms with Crippen LogP contribution in [0.4, 0.5) is 5.13 Å². The topological polar surface area (TPSA) is 59.8 Å². The summed E-state index contributed by atoms with van der Waals surface area (Å²) in [6, 6.07) is 7.55. The molecule has 0 atom stereocenters. The number of nitrogens with one attached hydrogen (secondary N) is 1. The first-order valence-corrected chi connectivity index (χ1v) is 7.45. The normalized spacial score (nSPS) is 10.5. The molecular formula is C14H11ClN4OS. The second-order valence-electron chi connectivity index (χ2n) is 4.31. The molecule has 0 aliphatic heterocycles. The molecule has 2 aromatic heterocycles. The maximum Gasteiger partial charge on any atom is 0.260 e. The fraction of sp³-hybridized carbons (Fsp3) is 0.0714. The van der Waals surface area contributed by atoms with Gasteiger partial charge in [-0.2, -0.15) is 5.10 Å². The van der Waals surface area contributed by atoms with Crippen molar-refractivity contribution in [2.45, 2.75) is 6.54 Å². The summed E-state index contributed by atoms with van der Waals surface area (Å²) >= 11 is 7.48. The first kappa shape index (κ1) is 13.8. The minimum absolute atomic E-state index is 0.227. The number of anilines is 1. The van der Waals surface area contributed by atoms with Gasteiger partial charge in [-0.05, 0) is 11.6 Å². The molecule has 2 heterocycles. The average Bonchev–Trinajstić information content (AvgIpc) is 3.13. The highest BCUT2D eigenvalue weighted by atomic mass is 35.5. The number of aromatic nitrogens is 3. The number of rotatable bonds is 4. The lowest BCUT2D eigenvalue weighted by atomic mass is 10.2. The summed E-state index contributed by atoms with van der Waals surface area (Å²) in [5.41, 5.74) is 1.44. The number of halogens is 1. The van der Waals surface area contributed by atoms with Crippen LogP contribution >= 0.6 is 22.9 Å². The third-order valence-electron chi connectivity index (χ3n) is 2.84. The Kier molecular flexibility index (Phi) is 3.98. The van der Waals surface area contributed by atoms with E-state index in [1.54, 1.807) is 22.5 Å². The highest BCUT2D eigenvalue weighted by molar-refractivity contribution is 7.13. The van der Waals surface area contributed by atoms with Gasteiger partial charge in [0.1, 0.15) is 0 Å². The van der Waals surface area contributed by atoms with Crippen molar-refractivity contribution in [1.82, 2.24) is 14.8 Å². The van der Waals surface area contributed by atoms with Gasteiger partial charge in [0, 0.05) is 22.8 Å². The predicted octanol–water partition coefficient (Wildman–Crippen LogP) is 3.29. The van der Waals surface area contributed by atoms with Gasteiger partial charge in [0.2, 0.25) is 0 Å². The van der Waals surface area contributed by atoms with Crippen LogP contribution in [0.5, 0.6) is 0 Å². The van der Waals surface area contributed by atoms with Gasteiger partial charge in [-0.1, -0.05) is 29.8 Å². The summed E-state index contributed by atoms with van der Waals surface area (Å²) in [6.45, 7) is 0.518. The van der Waals surface area contributed by atoms with Gasteiger partial charge in [-0.15, -0.1) is 11.3 Å². The monoisotopic (exact) mass is 318 g/mol. The summed E-state index contributed by atoms with van der Waals surface area (Å²) < 4.78 is 1.68. The van der Waals surface area contributed by atoms with Gasteiger partial charge in [-0.25, -0.2) is 4.98 Å². The number of carbonyl (C=O) groups excluding carboxylic acids is 1. The lowest BCUT2D eigenvalue weighted by Crippen LogP contribution is -2.10. The first-order chi connectivity index (χ1) is 10.2. The Morgan fingerprint density at radius 2 is 2.24 bits per heavy atom. The minimum atomic E-state index is -0.227. The molecule has 0 fully saturated rings. The molecule has 0 spiro atoms. The molecule has 106 valence electrons. The Bertz CT molecular complexity index is 754. The summed E-state index contributed by atoms with van der Waals surface area (Å²) in [4.78, 5) is 16.0. The molecule has 1 amide bonds. The predicted molar refractivity (Wildman–Crippen MR) is 82.8 cm³/mol. The van der Waals surface area contributed by atoms with E-state index in [2.05, 4.69) is 15.4 Å². The lowest BCUT2D eigenvalue weighted by molar-refractivity contribution is 0.102. The van der Waals surface area contributed by atoms with Crippen molar-refractivity contribution in [3.63, 3.8) is 0 Å². The number of benzene rings is 1. The first-order valence-electron chi connectivity index (χ1n) is 6.19. The highest BCUT2D eigenvalue weighted by Crippen LogP contribution is 2.16. The van der Waals surface area contributed by atoms with E-state index in [9.17, 15) is 4.79 Å². The van der Waals surface area contributed by atoms with Crippen LogP contribution < -0.4 is 5.32 Å². The Balaban J connectivity index is 1.71. The van der Waals surface area contributed by atoms with E-state index in [1.807, 2.05) is 24.3 Å². The summed E-state index contributed by atoms with van der Waals surface area (Å²) in [6.07, 6.45) is 4.85. The van der Waals surface area contributed by atoms with Gasteiger partial charge in [0.25, 0.3) is 5.91 Å². The minimum Gasteiger partial charge on any atom is -0.298 e. The van der Waals surface area contributed by atoms with E-state index in [-0.39, 0.29) is 5.91 Å². The highest BCUT2D eigenvalue weighted by Gasteiger charge is 2.10. The molecule has 21 heavy (non-hydrogen) atoms. The maximum atomic E-state index is 12.0. The quantitative estimate of drug-likeness (QED) is 0.803. The molecule has 0 saturated heterocycles. The largest absolute Gasteiger partial charge is 0.298 e. The smallest absolute Gasteiger partial charge is 0.260 e. The van der Waals surface area contributed by atoms with E-state index >= 15 is 0 Å². The summed E-state index contributed by atoms with van der Waals surface area (Å²) in [7, 11) is 0. The van der Waals surface area contributed by atoms with Crippen molar-refractivity contribution in [2.75, 3.05) is 5.32 Å². The van der Waals surface area contributed by atoms with Crippen LogP contribution in [0.1, 0.15) is 15.9 Å². The zero-order chi connectivity index (χ0) is 14.7. The number of thiazole rings is 1. The third kappa shape index (κ3) is 3.29. The van der Waals surface area contributed by atoms with Crippen molar-refractivity contribution in [2.24, 2.45) is 0 Å². The molecule has 0 aliphatic rings. The maximum absolute atomic E-state index is 12.0. The van der Waals surface area contributed by atoms with Crippen molar-refractivity contribution >= 4 is 34.0 Å². The second kappa shape index (κ2) is 6.07. The molecule has 0 saturated carbocycles. The van der Waals surface area contributed by atoms with E-state index in [0.29, 0.717) is 22.3 Å². The number of nitrogens with zero attached hydrogens (tertiary/aromatic N) is 3. The van der Waals surface area contributed by atoms with Crippen LogP contribution in [-0.2, 0) is 6.54 Å². The van der Waals surface area contributed by atoms with Gasteiger partial charge < -0.3 is 0 Å². The molecule has 1 aromatic carbocycles. The van der Waals surface area contributed by atoms with Crippen LogP contribution in [0, 0.1) is 0 Å². The number of amides is 1. The van der Waals surface area contributed by atoms with Gasteiger partial charge in [-0.3, -0.25) is 14.8 Å². The zero-order valence-electron chi connectivity index (χ0n) is 10.9. The molecular weight excluding hydrogens is 308 g/mol. The van der Waals surface area contributed by atoms with E-state index in [0.717, 1.165) is 5.56 Å². The number of hydrogen-bond donors (Lipinski definition) is 1. The molecule has 5 nitrogen and oxygen atoms in total.